The Morgan fingerprint density at radius 3 is 2.92 bits per heavy atom. The standard InChI is InChI=1S/C18H18N4O2/c23-15(12-22-11-14(10-20-22)21-8-1-2-9-21)13-24-18-5-3-4-17-16(18)6-7-19-17/h1-11,15,19,23H,12-13H2/t15-/m0/s1. The molecule has 0 aliphatic rings. The van der Waals surface area contributed by atoms with Crippen molar-refractivity contribution in [2.24, 2.45) is 0 Å². The molecule has 0 amide bonds. The lowest BCUT2D eigenvalue weighted by atomic mass is 10.2. The Balaban J connectivity index is 1.38. The summed E-state index contributed by atoms with van der Waals surface area (Å²) in [5.41, 5.74) is 1.98. The van der Waals surface area contributed by atoms with Crippen molar-refractivity contribution >= 4 is 10.9 Å². The number of ether oxygens (including phenoxy) is 1. The lowest BCUT2D eigenvalue weighted by molar-refractivity contribution is 0.0901. The molecule has 1 atom stereocenters. The van der Waals surface area contributed by atoms with Gasteiger partial charge in [0.2, 0.25) is 0 Å². The maximum Gasteiger partial charge on any atom is 0.128 e. The molecule has 6 nitrogen and oxygen atoms in total. The van der Waals surface area contributed by atoms with Crippen molar-refractivity contribution in [2.75, 3.05) is 6.61 Å². The van der Waals surface area contributed by atoms with E-state index in [1.165, 1.54) is 0 Å². The second kappa shape index (κ2) is 6.25. The molecule has 0 aliphatic heterocycles. The van der Waals surface area contributed by atoms with Gasteiger partial charge in [-0.05, 0) is 30.3 Å². The fourth-order valence-electron chi connectivity index (χ4n) is 2.73. The molecule has 0 radical (unpaired) electrons. The van der Waals surface area contributed by atoms with Crippen molar-refractivity contribution in [1.82, 2.24) is 19.3 Å². The molecule has 1 aromatic carbocycles. The molecule has 0 saturated heterocycles. The van der Waals surface area contributed by atoms with Crippen molar-refractivity contribution in [2.45, 2.75) is 12.6 Å². The van der Waals surface area contributed by atoms with E-state index in [1.54, 1.807) is 10.9 Å². The SMILES string of the molecule is O[C@H](COc1cccc2[nH]ccc12)Cn1cc(-n2cccc2)cn1. The Hall–Kier alpha value is -2.99. The van der Waals surface area contributed by atoms with Gasteiger partial charge in [0.15, 0.2) is 0 Å². The van der Waals surface area contributed by atoms with Gasteiger partial charge in [-0.3, -0.25) is 4.68 Å². The van der Waals surface area contributed by atoms with Crippen molar-refractivity contribution in [1.29, 1.82) is 0 Å². The summed E-state index contributed by atoms with van der Waals surface area (Å²) in [7, 11) is 0. The largest absolute Gasteiger partial charge is 0.490 e. The van der Waals surface area contributed by atoms with E-state index in [2.05, 4.69) is 10.1 Å². The third-order valence-electron chi connectivity index (χ3n) is 3.91. The molecule has 2 N–H and O–H groups in total. The number of aromatic amines is 1. The summed E-state index contributed by atoms with van der Waals surface area (Å²) in [6.07, 6.45) is 8.82. The highest BCUT2D eigenvalue weighted by Gasteiger charge is 2.10. The highest BCUT2D eigenvalue weighted by Crippen LogP contribution is 2.24. The fraction of sp³-hybridized carbons (Fsp3) is 0.167. The molecule has 24 heavy (non-hydrogen) atoms. The van der Waals surface area contributed by atoms with E-state index in [4.69, 9.17) is 4.74 Å². The average molecular weight is 322 g/mol. The molecule has 0 bridgehead atoms. The summed E-state index contributed by atoms with van der Waals surface area (Å²) < 4.78 is 9.47. The first-order valence-electron chi connectivity index (χ1n) is 7.82. The summed E-state index contributed by atoms with van der Waals surface area (Å²) >= 11 is 0. The zero-order valence-corrected chi connectivity index (χ0v) is 13.0. The first-order chi connectivity index (χ1) is 11.8. The van der Waals surface area contributed by atoms with Crippen LogP contribution >= 0.6 is 0 Å². The van der Waals surface area contributed by atoms with Gasteiger partial charge >= 0.3 is 0 Å². The smallest absolute Gasteiger partial charge is 0.128 e. The molecule has 0 spiro atoms. The van der Waals surface area contributed by atoms with Gasteiger partial charge in [0.05, 0.1) is 18.4 Å². The van der Waals surface area contributed by atoms with Crippen molar-refractivity contribution in [3.8, 4) is 11.4 Å². The van der Waals surface area contributed by atoms with Crippen molar-refractivity contribution < 1.29 is 9.84 Å². The third kappa shape index (κ3) is 2.91. The number of hydrogen-bond donors (Lipinski definition) is 2. The number of nitrogens with zero attached hydrogens (tertiary/aromatic N) is 3. The van der Waals surface area contributed by atoms with Gasteiger partial charge in [0.25, 0.3) is 0 Å². The number of aliphatic hydroxyl groups excluding tert-OH is 1. The molecule has 3 aromatic heterocycles. The number of aromatic nitrogens is 4. The molecular formula is C18H18N4O2. The van der Waals surface area contributed by atoms with Gasteiger partial charge in [-0.1, -0.05) is 6.07 Å². The summed E-state index contributed by atoms with van der Waals surface area (Å²) in [6, 6.07) is 11.7. The minimum absolute atomic E-state index is 0.211. The Labute approximate surface area is 138 Å². The van der Waals surface area contributed by atoms with Crippen LogP contribution in [-0.4, -0.2) is 37.1 Å². The van der Waals surface area contributed by atoms with Crippen LogP contribution in [0.1, 0.15) is 0 Å². The Morgan fingerprint density at radius 2 is 2.04 bits per heavy atom. The topological polar surface area (TPSA) is 68.0 Å². The molecule has 6 heteroatoms. The van der Waals surface area contributed by atoms with E-state index >= 15 is 0 Å². The maximum absolute atomic E-state index is 10.2. The maximum atomic E-state index is 10.2. The van der Waals surface area contributed by atoms with Gasteiger partial charge < -0.3 is 19.4 Å². The van der Waals surface area contributed by atoms with Crippen LogP contribution in [0.3, 0.4) is 0 Å². The summed E-state index contributed by atoms with van der Waals surface area (Å²) in [5, 5.41) is 15.5. The van der Waals surface area contributed by atoms with E-state index in [1.807, 2.05) is 65.8 Å². The number of rotatable bonds is 6. The normalized spacial score (nSPS) is 12.5. The molecule has 122 valence electrons. The van der Waals surface area contributed by atoms with Crippen LogP contribution in [0.25, 0.3) is 16.6 Å². The Bertz CT molecular complexity index is 923. The first-order valence-corrected chi connectivity index (χ1v) is 7.82. The first kappa shape index (κ1) is 14.6. The van der Waals surface area contributed by atoms with Gasteiger partial charge in [-0.2, -0.15) is 5.10 Å². The van der Waals surface area contributed by atoms with E-state index < -0.39 is 6.10 Å². The van der Waals surface area contributed by atoms with E-state index in [0.717, 1.165) is 22.3 Å². The average Bonchev–Trinajstić information content (AvgIpc) is 3.32. The lowest BCUT2D eigenvalue weighted by Crippen LogP contribution is -2.23. The molecule has 0 unspecified atom stereocenters. The lowest BCUT2D eigenvalue weighted by Gasteiger charge is -2.13. The quantitative estimate of drug-likeness (QED) is 0.573. The van der Waals surface area contributed by atoms with E-state index in [-0.39, 0.29) is 6.61 Å². The van der Waals surface area contributed by atoms with Crippen LogP contribution in [0.5, 0.6) is 5.75 Å². The van der Waals surface area contributed by atoms with E-state index in [9.17, 15) is 5.11 Å². The second-order valence-corrected chi connectivity index (χ2v) is 5.67. The number of aliphatic hydroxyl groups is 1. The molecule has 0 aliphatic carbocycles. The van der Waals surface area contributed by atoms with Gasteiger partial charge in [0.1, 0.15) is 18.5 Å². The number of nitrogens with one attached hydrogen (secondary N) is 1. The zero-order valence-electron chi connectivity index (χ0n) is 13.0. The molecule has 0 saturated carbocycles. The highest BCUT2D eigenvalue weighted by atomic mass is 16.5. The minimum atomic E-state index is -0.642. The van der Waals surface area contributed by atoms with Crippen molar-refractivity contribution in [3.63, 3.8) is 0 Å². The van der Waals surface area contributed by atoms with Crippen LogP contribution in [0.2, 0.25) is 0 Å². The summed E-state index contributed by atoms with van der Waals surface area (Å²) in [6.45, 7) is 0.591. The zero-order chi connectivity index (χ0) is 16.4. The number of H-pyrrole nitrogens is 1. The number of benzene rings is 1. The van der Waals surface area contributed by atoms with Gasteiger partial charge in [-0.15, -0.1) is 0 Å². The predicted octanol–water partition coefficient (Wildman–Crippen LogP) is 2.60. The predicted molar refractivity (Wildman–Crippen MR) is 91.4 cm³/mol. The van der Waals surface area contributed by atoms with Crippen LogP contribution in [0.15, 0.2) is 67.4 Å². The van der Waals surface area contributed by atoms with Crippen LogP contribution in [0.4, 0.5) is 0 Å². The summed E-state index contributed by atoms with van der Waals surface area (Å²) in [5.74, 6) is 0.765. The Morgan fingerprint density at radius 1 is 1.17 bits per heavy atom. The van der Waals surface area contributed by atoms with Gasteiger partial charge in [-0.25, -0.2) is 0 Å². The van der Waals surface area contributed by atoms with Crippen LogP contribution < -0.4 is 4.74 Å². The van der Waals surface area contributed by atoms with Crippen LogP contribution in [0, 0.1) is 0 Å². The molecular weight excluding hydrogens is 304 g/mol. The molecule has 4 rings (SSSR count). The third-order valence-corrected chi connectivity index (χ3v) is 3.91. The van der Waals surface area contributed by atoms with Crippen molar-refractivity contribution in [3.05, 3.63) is 67.4 Å². The number of fused-ring (bicyclic) bond motifs is 1. The molecule has 3 heterocycles. The Kier molecular flexibility index (Phi) is 3.80. The number of hydrogen-bond acceptors (Lipinski definition) is 3. The van der Waals surface area contributed by atoms with Crippen LogP contribution in [-0.2, 0) is 6.54 Å². The van der Waals surface area contributed by atoms with E-state index in [0.29, 0.717) is 6.54 Å². The summed E-state index contributed by atoms with van der Waals surface area (Å²) in [4.78, 5) is 3.14. The highest BCUT2D eigenvalue weighted by molar-refractivity contribution is 5.85. The van der Waals surface area contributed by atoms with Gasteiger partial charge in [0, 0.05) is 35.7 Å². The minimum Gasteiger partial charge on any atom is -0.490 e. The molecule has 4 aromatic rings. The monoisotopic (exact) mass is 322 g/mol. The fourth-order valence-corrected chi connectivity index (χ4v) is 2.73. The molecule has 0 fully saturated rings. The second-order valence-electron chi connectivity index (χ2n) is 5.67.